The zero-order chi connectivity index (χ0) is 26.4. The molecular formula is C20H37N7O7. The van der Waals surface area contributed by atoms with Gasteiger partial charge in [0.2, 0.25) is 17.7 Å². The van der Waals surface area contributed by atoms with Crippen LogP contribution in [0.1, 0.15) is 52.9 Å². The van der Waals surface area contributed by atoms with Gasteiger partial charge in [0.15, 0.2) is 5.96 Å². The number of carboxylic acids is 2. The lowest BCUT2D eigenvalue weighted by Crippen LogP contribution is -2.56. The Morgan fingerprint density at radius 2 is 1.47 bits per heavy atom. The first-order valence-electron chi connectivity index (χ1n) is 11.0. The lowest BCUT2D eigenvalue weighted by Gasteiger charge is -2.24. The first kappa shape index (κ1) is 30.6. The van der Waals surface area contributed by atoms with Crippen molar-refractivity contribution in [2.75, 3.05) is 6.54 Å². The summed E-state index contributed by atoms with van der Waals surface area (Å²) in [5.74, 6) is -4.94. The average molecular weight is 488 g/mol. The molecule has 5 unspecified atom stereocenters. The van der Waals surface area contributed by atoms with E-state index in [0.717, 1.165) is 0 Å². The number of hydrogen-bond acceptors (Lipinski definition) is 7. The summed E-state index contributed by atoms with van der Waals surface area (Å²) >= 11 is 0. The molecule has 0 heterocycles. The predicted octanol–water partition coefficient (Wildman–Crippen LogP) is -2.16. The summed E-state index contributed by atoms with van der Waals surface area (Å²) in [6.07, 6.45) is 0.165. The van der Waals surface area contributed by atoms with E-state index < -0.39 is 60.2 Å². The lowest BCUT2D eigenvalue weighted by molar-refractivity contribution is -0.143. The SMILES string of the molecule is CCC(C)C(N)C(=O)NC(C)C(=O)NC(CCCN=C(N)N)C(=O)NC(CCC(=O)O)C(=O)O. The number of rotatable bonds is 16. The highest BCUT2D eigenvalue weighted by atomic mass is 16.4. The Labute approximate surface area is 198 Å². The topological polar surface area (TPSA) is 252 Å². The van der Waals surface area contributed by atoms with Gasteiger partial charge in [-0.1, -0.05) is 20.3 Å². The largest absolute Gasteiger partial charge is 0.481 e. The smallest absolute Gasteiger partial charge is 0.326 e. The molecule has 34 heavy (non-hydrogen) atoms. The molecule has 0 rings (SSSR count). The summed E-state index contributed by atoms with van der Waals surface area (Å²) in [6.45, 7) is 5.24. The number of nitrogens with zero attached hydrogens (tertiary/aromatic N) is 1. The van der Waals surface area contributed by atoms with Crippen molar-refractivity contribution in [1.29, 1.82) is 0 Å². The Kier molecular flexibility index (Phi) is 13.9. The van der Waals surface area contributed by atoms with Crippen LogP contribution in [0.3, 0.4) is 0 Å². The van der Waals surface area contributed by atoms with Crippen molar-refractivity contribution in [3.8, 4) is 0 Å². The molecule has 0 aromatic heterocycles. The van der Waals surface area contributed by atoms with Crippen LogP contribution in [0, 0.1) is 5.92 Å². The highest BCUT2D eigenvalue weighted by Crippen LogP contribution is 2.06. The van der Waals surface area contributed by atoms with Gasteiger partial charge in [0.25, 0.3) is 0 Å². The van der Waals surface area contributed by atoms with E-state index in [-0.39, 0.29) is 37.7 Å². The average Bonchev–Trinajstić information content (AvgIpc) is 2.76. The summed E-state index contributed by atoms with van der Waals surface area (Å²) < 4.78 is 0. The zero-order valence-electron chi connectivity index (χ0n) is 19.7. The maximum Gasteiger partial charge on any atom is 0.326 e. The Balaban J connectivity index is 5.31. The second-order valence-electron chi connectivity index (χ2n) is 7.98. The molecule has 0 radical (unpaired) electrons. The monoisotopic (exact) mass is 487 g/mol. The number of nitrogens with one attached hydrogen (secondary N) is 3. The van der Waals surface area contributed by atoms with Crippen LogP contribution in [-0.2, 0) is 24.0 Å². The fourth-order valence-electron chi connectivity index (χ4n) is 2.75. The molecule has 0 aliphatic rings. The number of nitrogens with two attached hydrogens (primary N) is 3. The second kappa shape index (κ2) is 15.4. The summed E-state index contributed by atoms with van der Waals surface area (Å²) in [6, 6.07) is -4.50. The quantitative estimate of drug-likeness (QED) is 0.0664. The molecule has 14 heteroatoms. The summed E-state index contributed by atoms with van der Waals surface area (Å²) in [5, 5.41) is 25.3. The van der Waals surface area contributed by atoms with Crippen molar-refractivity contribution in [2.45, 2.75) is 77.0 Å². The van der Waals surface area contributed by atoms with Gasteiger partial charge in [-0.15, -0.1) is 0 Å². The predicted molar refractivity (Wildman–Crippen MR) is 123 cm³/mol. The first-order valence-corrected chi connectivity index (χ1v) is 11.0. The number of aliphatic carboxylic acids is 2. The maximum absolute atomic E-state index is 12.7. The van der Waals surface area contributed by atoms with Crippen LogP contribution in [-0.4, -0.2) is 76.5 Å². The molecule has 0 aliphatic carbocycles. The van der Waals surface area contributed by atoms with Gasteiger partial charge in [0.1, 0.15) is 18.1 Å². The molecule has 0 fully saturated rings. The van der Waals surface area contributed by atoms with Gasteiger partial charge in [-0.25, -0.2) is 4.79 Å². The van der Waals surface area contributed by atoms with Crippen molar-refractivity contribution in [1.82, 2.24) is 16.0 Å². The van der Waals surface area contributed by atoms with Gasteiger partial charge in [-0.3, -0.25) is 24.2 Å². The fourth-order valence-corrected chi connectivity index (χ4v) is 2.75. The maximum atomic E-state index is 12.7. The van der Waals surface area contributed by atoms with Crippen molar-refractivity contribution >= 4 is 35.6 Å². The van der Waals surface area contributed by atoms with Crippen LogP contribution in [0.5, 0.6) is 0 Å². The molecule has 11 N–H and O–H groups in total. The lowest BCUT2D eigenvalue weighted by atomic mass is 9.99. The van der Waals surface area contributed by atoms with Crippen molar-refractivity contribution in [2.24, 2.45) is 28.1 Å². The number of carbonyl (C=O) groups excluding carboxylic acids is 3. The number of carboxylic acid groups (broad SMARTS) is 2. The van der Waals surface area contributed by atoms with E-state index in [9.17, 15) is 29.1 Å². The van der Waals surface area contributed by atoms with E-state index in [1.165, 1.54) is 6.92 Å². The molecule has 0 aromatic rings. The highest BCUT2D eigenvalue weighted by Gasteiger charge is 2.29. The van der Waals surface area contributed by atoms with Crippen molar-refractivity contribution in [3.63, 3.8) is 0 Å². The van der Waals surface area contributed by atoms with Gasteiger partial charge in [0, 0.05) is 13.0 Å². The van der Waals surface area contributed by atoms with Crippen LogP contribution in [0.25, 0.3) is 0 Å². The molecule has 0 saturated heterocycles. The number of guanidine groups is 1. The third-order valence-electron chi connectivity index (χ3n) is 5.15. The van der Waals surface area contributed by atoms with Crippen LogP contribution >= 0.6 is 0 Å². The van der Waals surface area contributed by atoms with E-state index in [0.29, 0.717) is 6.42 Å². The minimum absolute atomic E-state index is 0.0483. The van der Waals surface area contributed by atoms with E-state index in [1.807, 2.05) is 6.92 Å². The number of hydrogen-bond donors (Lipinski definition) is 8. The molecule has 194 valence electrons. The van der Waals surface area contributed by atoms with Gasteiger partial charge < -0.3 is 43.4 Å². The van der Waals surface area contributed by atoms with E-state index in [4.69, 9.17) is 22.3 Å². The summed E-state index contributed by atoms with van der Waals surface area (Å²) in [5.41, 5.74) is 16.4. The normalized spacial score (nSPS) is 15.1. The van der Waals surface area contributed by atoms with E-state index >= 15 is 0 Å². The van der Waals surface area contributed by atoms with E-state index in [2.05, 4.69) is 20.9 Å². The number of aliphatic imine (C=N–C) groups is 1. The third kappa shape index (κ3) is 12.0. The third-order valence-corrected chi connectivity index (χ3v) is 5.15. The Bertz CT molecular complexity index is 756. The van der Waals surface area contributed by atoms with Crippen molar-refractivity contribution < 1.29 is 34.2 Å². The fraction of sp³-hybridized carbons (Fsp3) is 0.700. The molecule has 5 atom stereocenters. The molecule has 0 bridgehead atoms. The van der Waals surface area contributed by atoms with Gasteiger partial charge in [0.05, 0.1) is 6.04 Å². The number of carbonyl (C=O) groups is 5. The molecule has 0 saturated carbocycles. The molecule has 0 spiro atoms. The second-order valence-corrected chi connectivity index (χ2v) is 7.98. The zero-order valence-corrected chi connectivity index (χ0v) is 19.7. The Hall–Kier alpha value is -3.42. The molecule has 14 nitrogen and oxygen atoms in total. The first-order chi connectivity index (χ1) is 15.8. The standard InChI is InChI=1S/C20H37N7O7/c1-4-10(2)15(21)18(32)25-11(3)16(30)26-12(6-5-9-24-20(22)23)17(31)27-13(19(33)34)7-8-14(28)29/h10-13,15H,4-9,21H2,1-3H3,(H,25,32)(H,26,30)(H,27,31)(H,28,29)(H,33,34)(H4,22,23,24). The van der Waals surface area contributed by atoms with Crippen LogP contribution in [0.2, 0.25) is 0 Å². The molecule has 0 aromatic carbocycles. The highest BCUT2D eigenvalue weighted by molar-refractivity contribution is 5.94. The van der Waals surface area contributed by atoms with Crippen molar-refractivity contribution in [3.05, 3.63) is 0 Å². The van der Waals surface area contributed by atoms with Crippen LogP contribution < -0.4 is 33.2 Å². The molecule has 0 aliphatic heterocycles. The number of amides is 3. The van der Waals surface area contributed by atoms with Gasteiger partial charge in [-0.2, -0.15) is 0 Å². The summed E-state index contributed by atoms with van der Waals surface area (Å²) in [7, 11) is 0. The minimum atomic E-state index is -1.47. The van der Waals surface area contributed by atoms with Crippen LogP contribution in [0.4, 0.5) is 0 Å². The Morgan fingerprint density at radius 1 is 0.882 bits per heavy atom. The van der Waals surface area contributed by atoms with Gasteiger partial charge >= 0.3 is 11.9 Å². The minimum Gasteiger partial charge on any atom is -0.481 e. The summed E-state index contributed by atoms with van der Waals surface area (Å²) in [4.78, 5) is 63.5. The van der Waals surface area contributed by atoms with Gasteiger partial charge in [-0.05, 0) is 32.1 Å². The Morgan fingerprint density at radius 3 is 1.97 bits per heavy atom. The molecule has 3 amide bonds. The molecular weight excluding hydrogens is 450 g/mol. The van der Waals surface area contributed by atoms with E-state index in [1.54, 1.807) is 6.92 Å². The van der Waals surface area contributed by atoms with Crippen LogP contribution in [0.15, 0.2) is 4.99 Å².